The lowest BCUT2D eigenvalue weighted by molar-refractivity contribution is -0.135. The van der Waals surface area contributed by atoms with E-state index in [1.54, 1.807) is 0 Å². The first kappa shape index (κ1) is 15.8. The second-order valence-corrected chi connectivity index (χ2v) is 7.05. The van der Waals surface area contributed by atoms with Crippen molar-refractivity contribution in [3.05, 3.63) is 0 Å². The number of carbonyl (C=O) groups is 1. The maximum Gasteiger partial charge on any atom is 0.226 e. The summed E-state index contributed by atoms with van der Waals surface area (Å²) in [4.78, 5) is 14.8. The van der Waals surface area contributed by atoms with Crippen LogP contribution in [0.2, 0.25) is 0 Å². The van der Waals surface area contributed by atoms with Gasteiger partial charge in [-0.15, -0.1) is 0 Å². The summed E-state index contributed by atoms with van der Waals surface area (Å²) in [7, 11) is 0. The highest BCUT2D eigenvalue weighted by molar-refractivity contribution is 5.79. The Morgan fingerprint density at radius 1 is 1.15 bits per heavy atom. The molecule has 3 atom stereocenters. The van der Waals surface area contributed by atoms with E-state index >= 15 is 0 Å². The molecule has 3 heteroatoms. The van der Waals surface area contributed by atoms with Crippen molar-refractivity contribution in [3.63, 3.8) is 0 Å². The molecule has 1 amide bonds. The van der Waals surface area contributed by atoms with Crippen molar-refractivity contribution in [2.75, 3.05) is 19.6 Å². The normalized spacial score (nSPS) is 29.8. The maximum absolute atomic E-state index is 12.7. The van der Waals surface area contributed by atoms with Crippen molar-refractivity contribution >= 4 is 5.91 Å². The molecule has 2 fully saturated rings. The van der Waals surface area contributed by atoms with E-state index in [2.05, 4.69) is 11.8 Å². The van der Waals surface area contributed by atoms with Gasteiger partial charge in [-0.2, -0.15) is 0 Å². The number of nitrogens with two attached hydrogens (primary N) is 1. The Morgan fingerprint density at radius 2 is 1.85 bits per heavy atom. The lowest BCUT2D eigenvalue weighted by Crippen LogP contribution is -2.40. The summed E-state index contributed by atoms with van der Waals surface area (Å²) in [6, 6.07) is 0. The SMILES string of the molecule is CC1CCCC(CC(CN)C(=O)N2CCCCCC2)C1. The molecule has 1 aliphatic heterocycles. The lowest BCUT2D eigenvalue weighted by atomic mass is 9.78. The molecule has 1 saturated carbocycles. The predicted octanol–water partition coefficient (Wildman–Crippen LogP) is 3.18. The standard InChI is InChI=1S/C17H32N2O/c1-14-7-6-8-15(11-14)12-16(13-18)17(20)19-9-4-2-3-5-10-19/h14-16H,2-13,18H2,1H3. The molecule has 0 bridgehead atoms. The number of hydrogen-bond acceptors (Lipinski definition) is 2. The van der Waals surface area contributed by atoms with Crippen LogP contribution < -0.4 is 5.73 Å². The van der Waals surface area contributed by atoms with E-state index in [0.29, 0.717) is 12.5 Å². The number of likely N-dealkylation sites (tertiary alicyclic amines) is 1. The van der Waals surface area contributed by atoms with Gasteiger partial charge in [-0.1, -0.05) is 39.0 Å². The first-order chi connectivity index (χ1) is 9.70. The Kier molecular flexibility index (Phi) is 6.34. The monoisotopic (exact) mass is 280 g/mol. The van der Waals surface area contributed by atoms with Gasteiger partial charge in [0.25, 0.3) is 0 Å². The van der Waals surface area contributed by atoms with E-state index in [1.807, 2.05) is 0 Å². The van der Waals surface area contributed by atoms with Crippen molar-refractivity contribution in [1.82, 2.24) is 4.90 Å². The predicted molar refractivity (Wildman–Crippen MR) is 83.3 cm³/mol. The van der Waals surface area contributed by atoms with E-state index in [-0.39, 0.29) is 5.92 Å². The van der Waals surface area contributed by atoms with Gasteiger partial charge in [0.15, 0.2) is 0 Å². The van der Waals surface area contributed by atoms with Gasteiger partial charge in [0, 0.05) is 19.6 Å². The molecule has 2 rings (SSSR count). The first-order valence-corrected chi connectivity index (χ1v) is 8.69. The maximum atomic E-state index is 12.7. The minimum atomic E-state index is 0.0726. The van der Waals surface area contributed by atoms with Crippen LogP contribution in [0.25, 0.3) is 0 Å². The van der Waals surface area contributed by atoms with E-state index in [4.69, 9.17) is 5.73 Å². The zero-order chi connectivity index (χ0) is 14.4. The van der Waals surface area contributed by atoms with Crippen LogP contribution in [-0.2, 0) is 4.79 Å². The van der Waals surface area contributed by atoms with E-state index in [1.165, 1.54) is 51.4 Å². The quantitative estimate of drug-likeness (QED) is 0.859. The van der Waals surface area contributed by atoms with Crippen LogP contribution in [0.3, 0.4) is 0 Å². The van der Waals surface area contributed by atoms with E-state index in [0.717, 1.165) is 31.3 Å². The second kappa shape index (κ2) is 8.02. The van der Waals surface area contributed by atoms with E-state index < -0.39 is 0 Å². The number of hydrogen-bond donors (Lipinski definition) is 1. The first-order valence-electron chi connectivity index (χ1n) is 8.69. The molecule has 0 aromatic heterocycles. The summed E-state index contributed by atoms with van der Waals surface area (Å²) in [6.07, 6.45) is 11.2. The van der Waals surface area contributed by atoms with Crippen LogP contribution in [0.4, 0.5) is 0 Å². The highest BCUT2D eigenvalue weighted by atomic mass is 16.2. The molecule has 0 spiro atoms. The largest absolute Gasteiger partial charge is 0.342 e. The van der Waals surface area contributed by atoms with E-state index in [9.17, 15) is 4.79 Å². The molecule has 2 N–H and O–H groups in total. The molecule has 0 radical (unpaired) electrons. The van der Waals surface area contributed by atoms with Gasteiger partial charge in [0.05, 0.1) is 5.92 Å². The molecule has 3 unspecified atom stereocenters. The minimum absolute atomic E-state index is 0.0726. The second-order valence-electron chi connectivity index (χ2n) is 7.05. The fraction of sp³-hybridized carbons (Fsp3) is 0.941. The summed E-state index contributed by atoms with van der Waals surface area (Å²) >= 11 is 0. The number of nitrogens with zero attached hydrogens (tertiary/aromatic N) is 1. The van der Waals surface area contributed by atoms with Crippen LogP contribution in [-0.4, -0.2) is 30.4 Å². The third-order valence-corrected chi connectivity index (χ3v) is 5.21. The molecule has 1 aliphatic carbocycles. The number of carbonyl (C=O) groups excluding carboxylic acids is 1. The van der Waals surface area contributed by atoms with Gasteiger partial charge in [0.1, 0.15) is 0 Å². The zero-order valence-electron chi connectivity index (χ0n) is 13.2. The van der Waals surface area contributed by atoms with Crippen LogP contribution >= 0.6 is 0 Å². The van der Waals surface area contributed by atoms with Crippen LogP contribution in [0.1, 0.15) is 64.7 Å². The molecule has 1 heterocycles. The Labute approximate surface area is 124 Å². The van der Waals surface area contributed by atoms with Crippen molar-refractivity contribution in [2.45, 2.75) is 64.7 Å². The van der Waals surface area contributed by atoms with Crippen molar-refractivity contribution < 1.29 is 4.79 Å². The molecule has 0 aromatic rings. The smallest absolute Gasteiger partial charge is 0.226 e. The lowest BCUT2D eigenvalue weighted by Gasteiger charge is -2.31. The fourth-order valence-electron chi connectivity index (χ4n) is 4.02. The average Bonchev–Trinajstić information content (AvgIpc) is 2.73. The molecule has 3 nitrogen and oxygen atoms in total. The van der Waals surface area contributed by atoms with Crippen LogP contribution in [0.15, 0.2) is 0 Å². The number of amides is 1. The number of rotatable bonds is 4. The third-order valence-electron chi connectivity index (χ3n) is 5.21. The molecule has 1 saturated heterocycles. The Hall–Kier alpha value is -0.570. The molecule has 116 valence electrons. The molecular weight excluding hydrogens is 248 g/mol. The fourth-order valence-corrected chi connectivity index (χ4v) is 4.02. The summed E-state index contributed by atoms with van der Waals surface area (Å²) < 4.78 is 0. The molecule has 0 aromatic carbocycles. The van der Waals surface area contributed by atoms with Gasteiger partial charge < -0.3 is 10.6 Å². The van der Waals surface area contributed by atoms with Crippen molar-refractivity contribution in [1.29, 1.82) is 0 Å². The third kappa shape index (κ3) is 4.47. The zero-order valence-corrected chi connectivity index (χ0v) is 13.2. The van der Waals surface area contributed by atoms with Gasteiger partial charge in [-0.05, 0) is 37.5 Å². The highest BCUT2D eigenvalue weighted by Gasteiger charge is 2.28. The van der Waals surface area contributed by atoms with Crippen LogP contribution in [0.5, 0.6) is 0 Å². The van der Waals surface area contributed by atoms with Crippen molar-refractivity contribution in [3.8, 4) is 0 Å². The average molecular weight is 280 g/mol. The molecule has 2 aliphatic rings. The highest BCUT2D eigenvalue weighted by Crippen LogP contribution is 2.33. The van der Waals surface area contributed by atoms with Crippen LogP contribution in [0, 0.1) is 17.8 Å². The van der Waals surface area contributed by atoms with Gasteiger partial charge in [-0.25, -0.2) is 0 Å². The Bertz CT molecular complexity index is 297. The Morgan fingerprint density at radius 3 is 2.45 bits per heavy atom. The Balaban J connectivity index is 1.87. The summed E-state index contributed by atoms with van der Waals surface area (Å²) in [5.74, 6) is 1.97. The topological polar surface area (TPSA) is 46.3 Å². The summed E-state index contributed by atoms with van der Waals surface area (Å²) in [6.45, 7) is 4.78. The van der Waals surface area contributed by atoms with Crippen molar-refractivity contribution in [2.24, 2.45) is 23.5 Å². The molecular formula is C17H32N2O. The van der Waals surface area contributed by atoms with Gasteiger partial charge in [-0.3, -0.25) is 4.79 Å². The minimum Gasteiger partial charge on any atom is -0.342 e. The van der Waals surface area contributed by atoms with Gasteiger partial charge >= 0.3 is 0 Å². The summed E-state index contributed by atoms with van der Waals surface area (Å²) in [5.41, 5.74) is 5.92. The summed E-state index contributed by atoms with van der Waals surface area (Å²) in [5, 5.41) is 0. The molecule has 20 heavy (non-hydrogen) atoms. The van der Waals surface area contributed by atoms with Gasteiger partial charge in [0.2, 0.25) is 5.91 Å².